The Morgan fingerprint density at radius 3 is 2.48 bits per heavy atom. The standard InChI is InChI=1S/C14H9BrClNO4/c15-8-2-3-9(14(20)21)11(6-8)17-13(19)7-1-4-12(18)10(16)5-7/h1-6,18H,(H,17,19)(H,20,21). The monoisotopic (exact) mass is 369 g/mol. The summed E-state index contributed by atoms with van der Waals surface area (Å²) in [5.41, 5.74) is 0.330. The summed E-state index contributed by atoms with van der Waals surface area (Å²) in [7, 11) is 0. The van der Waals surface area contributed by atoms with Crippen LogP contribution < -0.4 is 5.32 Å². The molecule has 0 spiro atoms. The zero-order valence-electron chi connectivity index (χ0n) is 10.4. The molecule has 108 valence electrons. The molecule has 0 unspecified atom stereocenters. The predicted octanol–water partition coefficient (Wildman–Crippen LogP) is 3.76. The highest BCUT2D eigenvalue weighted by Crippen LogP contribution is 2.25. The van der Waals surface area contributed by atoms with E-state index in [-0.39, 0.29) is 27.6 Å². The molecule has 0 bridgehead atoms. The Morgan fingerprint density at radius 1 is 1.14 bits per heavy atom. The molecule has 0 fully saturated rings. The maximum absolute atomic E-state index is 12.1. The van der Waals surface area contributed by atoms with Gasteiger partial charge in [0.05, 0.1) is 16.3 Å². The second-order valence-electron chi connectivity index (χ2n) is 4.12. The molecule has 0 aliphatic rings. The fourth-order valence-corrected chi connectivity index (χ4v) is 2.19. The minimum atomic E-state index is -1.15. The first-order chi connectivity index (χ1) is 9.88. The quantitative estimate of drug-likeness (QED) is 0.768. The minimum Gasteiger partial charge on any atom is -0.506 e. The van der Waals surface area contributed by atoms with Crippen LogP contribution in [0.2, 0.25) is 5.02 Å². The summed E-state index contributed by atoms with van der Waals surface area (Å²) < 4.78 is 0.631. The number of benzene rings is 2. The number of nitrogens with one attached hydrogen (secondary N) is 1. The number of carboxylic acid groups (broad SMARTS) is 1. The fraction of sp³-hybridized carbons (Fsp3) is 0. The third-order valence-corrected chi connectivity index (χ3v) is 3.47. The van der Waals surface area contributed by atoms with Crippen molar-refractivity contribution in [3.05, 3.63) is 57.0 Å². The molecule has 0 aliphatic heterocycles. The summed E-state index contributed by atoms with van der Waals surface area (Å²) in [6.07, 6.45) is 0. The smallest absolute Gasteiger partial charge is 0.337 e. The number of carboxylic acids is 1. The van der Waals surface area contributed by atoms with Crippen molar-refractivity contribution in [2.45, 2.75) is 0 Å². The van der Waals surface area contributed by atoms with Crippen LogP contribution in [-0.4, -0.2) is 22.1 Å². The summed E-state index contributed by atoms with van der Waals surface area (Å²) >= 11 is 8.95. The SMILES string of the molecule is O=C(Nc1cc(Br)ccc1C(=O)O)c1ccc(O)c(Cl)c1. The van der Waals surface area contributed by atoms with Crippen LogP contribution in [0.15, 0.2) is 40.9 Å². The number of phenols is 1. The Labute approximate surface area is 133 Å². The number of hydrogen-bond acceptors (Lipinski definition) is 3. The van der Waals surface area contributed by atoms with Gasteiger partial charge in [-0.05, 0) is 36.4 Å². The number of phenolic OH excluding ortho intramolecular Hbond substituents is 1. The van der Waals surface area contributed by atoms with Crippen LogP contribution >= 0.6 is 27.5 Å². The molecule has 3 N–H and O–H groups in total. The van der Waals surface area contributed by atoms with Crippen molar-refractivity contribution in [1.29, 1.82) is 0 Å². The molecule has 0 aromatic heterocycles. The molecule has 0 radical (unpaired) electrons. The van der Waals surface area contributed by atoms with Gasteiger partial charge in [-0.15, -0.1) is 0 Å². The van der Waals surface area contributed by atoms with Crippen molar-refractivity contribution in [1.82, 2.24) is 0 Å². The van der Waals surface area contributed by atoms with Crippen molar-refractivity contribution in [2.75, 3.05) is 5.32 Å². The maximum atomic E-state index is 12.1. The van der Waals surface area contributed by atoms with Crippen LogP contribution in [0.5, 0.6) is 5.75 Å². The third kappa shape index (κ3) is 3.53. The number of anilines is 1. The number of aromatic carboxylic acids is 1. The number of carbonyl (C=O) groups is 2. The van der Waals surface area contributed by atoms with Gasteiger partial charge in [-0.25, -0.2) is 4.79 Å². The van der Waals surface area contributed by atoms with E-state index >= 15 is 0 Å². The second kappa shape index (κ2) is 6.15. The van der Waals surface area contributed by atoms with Gasteiger partial charge in [-0.2, -0.15) is 0 Å². The van der Waals surface area contributed by atoms with E-state index < -0.39 is 11.9 Å². The highest BCUT2D eigenvalue weighted by molar-refractivity contribution is 9.10. The number of halogens is 2. The molecule has 0 saturated heterocycles. The van der Waals surface area contributed by atoms with Crippen molar-refractivity contribution in [2.24, 2.45) is 0 Å². The van der Waals surface area contributed by atoms with Crippen LogP contribution in [0.3, 0.4) is 0 Å². The lowest BCUT2D eigenvalue weighted by Gasteiger charge is -2.09. The number of hydrogen-bond donors (Lipinski definition) is 3. The van der Waals surface area contributed by atoms with E-state index in [9.17, 15) is 14.7 Å². The van der Waals surface area contributed by atoms with Gasteiger partial charge >= 0.3 is 5.97 Å². The van der Waals surface area contributed by atoms with Crippen LogP contribution in [0.25, 0.3) is 0 Å². The minimum absolute atomic E-state index is 0.0311. The first kappa shape index (κ1) is 15.3. The molecule has 5 nitrogen and oxygen atoms in total. The molecule has 0 atom stereocenters. The molecule has 1 amide bonds. The number of carbonyl (C=O) groups excluding carboxylic acids is 1. The van der Waals surface area contributed by atoms with Crippen molar-refractivity contribution in [3.63, 3.8) is 0 Å². The van der Waals surface area contributed by atoms with Crippen LogP contribution in [0.1, 0.15) is 20.7 Å². The average molecular weight is 371 g/mol. The van der Waals surface area contributed by atoms with E-state index in [1.165, 1.54) is 30.3 Å². The van der Waals surface area contributed by atoms with E-state index in [1.807, 2.05) is 0 Å². The molecule has 0 saturated carbocycles. The summed E-state index contributed by atoms with van der Waals surface area (Å²) in [5.74, 6) is -1.82. The van der Waals surface area contributed by atoms with Gasteiger partial charge in [0.15, 0.2) is 0 Å². The molecule has 21 heavy (non-hydrogen) atoms. The molecule has 2 aromatic rings. The van der Waals surface area contributed by atoms with Crippen LogP contribution in [-0.2, 0) is 0 Å². The van der Waals surface area contributed by atoms with E-state index in [2.05, 4.69) is 21.2 Å². The Bertz CT molecular complexity index is 733. The van der Waals surface area contributed by atoms with E-state index in [0.29, 0.717) is 4.47 Å². The molecule has 0 aliphatic carbocycles. The third-order valence-electron chi connectivity index (χ3n) is 2.67. The summed E-state index contributed by atoms with van der Waals surface area (Å²) in [6, 6.07) is 8.40. The zero-order valence-corrected chi connectivity index (χ0v) is 12.8. The van der Waals surface area contributed by atoms with Gasteiger partial charge in [-0.3, -0.25) is 4.79 Å². The zero-order chi connectivity index (χ0) is 15.6. The Balaban J connectivity index is 2.33. The number of aromatic hydroxyl groups is 1. The van der Waals surface area contributed by atoms with Crippen molar-refractivity contribution < 1.29 is 19.8 Å². The van der Waals surface area contributed by atoms with E-state index in [4.69, 9.17) is 16.7 Å². The summed E-state index contributed by atoms with van der Waals surface area (Å²) in [6.45, 7) is 0. The lowest BCUT2D eigenvalue weighted by molar-refractivity contribution is 0.0698. The Hall–Kier alpha value is -2.05. The molecular weight excluding hydrogens is 362 g/mol. The second-order valence-corrected chi connectivity index (χ2v) is 5.44. The average Bonchev–Trinajstić information content (AvgIpc) is 2.41. The molecular formula is C14H9BrClNO4. The van der Waals surface area contributed by atoms with Crippen molar-refractivity contribution >= 4 is 45.1 Å². The first-order valence-corrected chi connectivity index (χ1v) is 6.88. The van der Waals surface area contributed by atoms with Gasteiger partial charge in [0, 0.05) is 10.0 Å². The van der Waals surface area contributed by atoms with E-state index in [0.717, 1.165) is 0 Å². The number of rotatable bonds is 3. The van der Waals surface area contributed by atoms with Gasteiger partial charge < -0.3 is 15.5 Å². The normalized spacial score (nSPS) is 10.2. The summed E-state index contributed by atoms with van der Waals surface area (Å²) in [5, 5.41) is 21.0. The summed E-state index contributed by atoms with van der Waals surface area (Å²) in [4.78, 5) is 23.2. The highest BCUT2D eigenvalue weighted by atomic mass is 79.9. The maximum Gasteiger partial charge on any atom is 0.337 e. The molecule has 2 aromatic carbocycles. The van der Waals surface area contributed by atoms with Crippen LogP contribution in [0.4, 0.5) is 5.69 Å². The Kier molecular flexibility index (Phi) is 4.50. The topological polar surface area (TPSA) is 86.6 Å². The van der Waals surface area contributed by atoms with Gasteiger partial charge in [-0.1, -0.05) is 27.5 Å². The van der Waals surface area contributed by atoms with Crippen molar-refractivity contribution in [3.8, 4) is 5.75 Å². The lowest BCUT2D eigenvalue weighted by Crippen LogP contribution is -2.14. The molecule has 7 heteroatoms. The Morgan fingerprint density at radius 2 is 1.86 bits per heavy atom. The molecule has 0 heterocycles. The van der Waals surface area contributed by atoms with Gasteiger partial charge in [0.2, 0.25) is 0 Å². The fourth-order valence-electron chi connectivity index (χ4n) is 1.65. The highest BCUT2D eigenvalue weighted by Gasteiger charge is 2.15. The predicted molar refractivity (Wildman–Crippen MR) is 82.2 cm³/mol. The van der Waals surface area contributed by atoms with Crippen LogP contribution in [0, 0.1) is 0 Å². The largest absolute Gasteiger partial charge is 0.506 e. The number of amides is 1. The van der Waals surface area contributed by atoms with Gasteiger partial charge in [0.1, 0.15) is 5.75 Å². The lowest BCUT2D eigenvalue weighted by atomic mass is 10.1. The van der Waals surface area contributed by atoms with E-state index in [1.54, 1.807) is 6.07 Å². The van der Waals surface area contributed by atoms with Gasteiger partial charge in [0.25, 0.3) is 5.91 Å². The molecule has 2 rings (SSSR count). The first-order valence-electron chi connectivity index (χ1n) is 5.71.